The van der Waals surface area contributed by atoms with Crippen molar-refractivity contribution in [2.45, 2.75) is 13.5 Å². The highest BCUT2D eigenvalue weighted by atomic mass is 19.1. The fourth-order valence-electron chi connectivity index (χ4n) is 1.71. The van der Waals surface area contributed by atoms with Gasteiger partial charge in [0, 0.05) is 19.7 Å². The Morgan fingerprint density at radius 3 is 2.72 bits per heavy atom. The Morgan fingerprint density at radius 1 is 1.39 bits per heavy atom. The molecule has 2 N–H and O–H groups in total. The van der Waals surface area contributed by atoms with Gasteiger partial charge < -0.3 is 10.5 Å². The molecule has 0 aliphatic heterocycles. The zero-order valence-corrected chi connectivity index (χ0v) is 10.1. The summed E-state index contributed by atoms with van der Waals surface area (Å²) in [5.41, 5.74) is 7.01. The van der Waals surface area contributed by atoms with Crippen LogP contribution in [0, 0.1) is 18.6 Å². The Hall–Kier alpha value is -1.95. The third-order valence-corrected chi connectivity index (χ3v) is 2.59. The van der Waals surface area contributed by atoms with E-state index < -0.39 is 11.6 Å². The van der Waals surface area contributed by atoms with Crippen LogP contribution in [-0.4, -0.2) is 9.78 Å². The summed E-state index contributed by atoms with van der Waals surface area (Å²) in [5, 5.41) is 4.14. The van der Waals surface area contributed by atoms with E-state index in [-0.39, 0.29) is 12.3 Å². The first-order valence-corrected chi connectivity index (χ1v) is 5.38. The predicted molar refractivity (Wildman–Crippen MR) is 62.3 cm³/mol. The minimum Gasteiger partial charge on any atom is -0.436 e. The van der Waals surface area contributed by atoms with E-state index in [1.165, 1.54) is 10.7 Å². The molecular formula is C12H13F2N3O. The Labute approximate surface area is 103 Å². The van der Waals surface area contributed by atoms with Crippen LogP contribution in [0.2, 0.25) is 0 Å². The van der Waals surface area contributed by atoms with Crippen LogP contribution in [0.25, 0.3) is 0 Å². The molecule has 0 aliphatic rings. The Bertz CT molecular complexity index is 581. The van der Waals surface area contributed by atoms with Gasteiger partial charge in [-0.1, -0.05) is 0 Å². The summed E-state index contributed by atoms with van der Waals surface area (Å²) in [6.07, 6.45) is 0. The molecule has 96 valence electrons. The molecule has 0 amide bonds. The molecule has 0 spiro atoms. The van der Waals surface area contributed by atoms with E-state index in [2.05, 4.69) is 5.10 Å². The van der Waals surface area contributed by atoms with Crippen molar-refractivity contribution < 1.29 is 13.5 Å². The second-order valence-corrected chi connectivity index (χ2v) is 3.87. The lowest BCUT2D eigenvalue weighted by Crippen LogP contribution is -2.02. The molecule has 0 aliphatic carbocycles. The number of nitrogens with zero attached hydrogens (tertiary/aromatic N) is 2. The van der Waals surface area contributed by atoms with E-state index in [1.807, 2.05) is 0 Å². The van der Waals surface area contributed by atoms with Crippen molar-refractivity contribution in [3.05, 3.63) is 41.1 Å². The minimum absolute atomic E-state index is 0.0610. The molecule has 0 saturated carbocycles. The molecular weight excluding hydrogens is 240 g/mol. The minimum atomic E-state index is -0.767. The van der Waals surface area contributed by atoms with Crippen molar-refractivity contribution in [3.63, 3.8) is 0 Å². The lowest BCUT2D eigenvalue weighted by atomic mass is 10.2. The maximum atomic E-state index is 13.5. The van der Waals surface area contributed by atoms with Gasteiger partial charge in [0.05, 0.1) is 11.3 Å². The normalized spacial score (nSPS) is 10.7. The van der Waals surface area contributed by atoms with Crippen LogP contribution < -0.4 is 10.5 Å². The second-order valence-electron chi connectivity index (χ2n) is 3.87. The zero-order chi connectivity index (χ0) is 13.3. The van der Waals surface area contributed by atoms with Crippen molar-refractivity contribution in [1.29, 1.82) is 0 Å². The van der Waals surface area contributed by atoms with E-state index in [9.17, 15) is 8.78 Å². The topological polar surface area (TPSA) is 53.1 Å². The van der Waals surface area contributed by atoms with Crippen LogP contribution in [0.4, 0.5) is 8.78 Å². The summed E-state index contributed by atoms with van der Waals surface area (Å²) in [7, 11) is 1.67. The van der Waals surface area contributed by atoms with E-state index >= 15 is 0 Å². The van der Waals surface area contributed by atoms with Crippen molar-refractivity contribution in [3.8, 4) is 11.6 Å². The van der Waals surface area contributed by atoms with Crippen LogP contribution in [-0.2, 0) is 13.6 Å². The van der Waals surface area contributed by atoms with Gasteiger partial charge in [-0.25, -0.2) is 13.5 Å². The van der Waals surface area contributed by atoms with Crippen molar-refractivity contribution in [2.24, 2.45) is 12.8 Å². The smallest absolute Gasteiger partial charge is 0.222 e. The molecule has 2 rings (SSSR count). The monoisotopic (exact) mass is 253 g/mol. The highest BCUT2D eigenvalue weighted by molar-refractivity contribution is 5.36. The molecule has 0 bridgehead atoms. The second kappa shape index (κ2) is 4.73. The number of halogens is 2. The summed E-state index contributed by atoms with van der Waals surface area (Å²) >= 11 is 0. The predicted octanol–water partition coefficient (Wildman–Crippen LogP) is 2.26. The van der Waals surface area contributed by atoms with E-state index in [0.29, 0.717) is 11.4 Å². The average molecular weight is 253 g/mol. The molecule has 0 saturated heterocycles. The largest absolute Gasteiger partial charge is 0.436 e. The maximum absolute atomic E-state index is 13.5. The van der Waals surface area contributed by atoms with Crippen molar-refractivity contribution >= 4 is 0 Å². The van der Waals surface area contributed by atoms with Crippen molar-refractivity contribution in [2.75, 3.05) is 0 Å². The van der Waals surface area contributed by atoms with Gasteiger partial charge in [-0.05, 0) is 19.1 Å². The Kier molecular flexibility index (Phi) is 3.29. The summed E-state index contributed by atoms with van der Waals surface area (Å²) in [4.78, 5) is 0. The molecule has 1 aromatic carbocycles. The number of nitrogens with two attached hydrogens (primary N) is 1. The van der Waals surface area contributed by atoms with Gasteiger partial charge >= 0.3 is 0 Å². The van der Waals surface area contributed by atoms with Gasteiger partial charge in [-0.3, -0.25) is 0 Å². The van der Waals surface area contributed by atoms with Gasteiger partial charge in [0.25, 0.3) is 0 Å². The van der Waals surface area contributed by atoms with Gasteiger partial charge in [0.15, 0.2) is 11.6 Å². The third kappa shape index (κ3) is 2.19. The molecule has 18 heavy (non-hydrogen) atoms. The quantitative estimate of drug-likeness (QED) is 0.912. The highest BCUT2D eigenvalue weighted by Crippen LogP contribution is 2.28. The number of rotatable bonds is 3. The van der Waals surface area contributed by atoms with Crippen LogP contribution in [0.15, 0.2) is 18.2 Å². The lowest BCUT2D eigenvalue weighted by Gasteiger charge is -2.08. The zero-order valence-electron chi connectivity index (χ0n) is 10.1. The number of aryl methyl sites for hydroxylation is 2. The number of benzene rings is 1. The number of hydrogen-bond donors (Lipinski definition) is 1. The van der Waals surface area contributed by atoms with Gasteiger partial charge in [-0.15, -0.1) is 0 Å². The lowest BCUT2D eigenvalue weighted by molar-refractivity contribution is 0.397. The van der Waals surface area contributed by atoms with E-state index in [4.69, 9.17) is 10.5 Å². The molecule has 0 unspecified atom stereocenters. The summed E-state index contributed by atoms with van der Waals surface area (Å²) in [6.45, 7) is 2.02. The SMILES string of the molecule is Cc1nn(C)c(Oc2ccc(F)cc2F)c1CN. The van der Waals surface area contributed by atoms with E-state index in [0.717, 1.165) is 17.8 Å². The summed E-state index contributed by atoms with van der Waals surface area (Å²) in [5.74, 6) is -1.12. The molecule has 4 nitrogen and oxygen atoms in total. The molecule has 1 heterocycles. The van der Waals surface area contributed by atoms with Crippen LogP contribution in [0.1, 0.15) is 11.3 Å². The first-order valence-electron chi connectivity index (χ1n) is 5.38. The van der Waals surface area contributed by atoms with Gasteiger partial charge in [0.1, 0.15) is 5.82 Å². The maximum Gasteiger partial charge on any atom is 0.222 e. The first-order chi connectivity index (χ1) is 8.52. The standard InChI is InChI=1S/C12H13F2N3O/c1-7-9(6-15)12(17(2)16-7)18-11-4-3-8(13)5-10(11)14/h3-5H,6,15H2,1-2H3. The molecule has 0 fully saturated rings. The molecule has 1 aromatic heterocycles. The third-order valence-electron chi connectivity index (χ3n) is 2.59. The fourth-order valence-corrected chi connectivity index (χ4v) is 1.71. The van der Waals surface area contributed by atoms with Crippen LogP contribution in [0.5, 0.6) is 11.6 Å². The van der Waals surface area contributed by atoms with Gasteiger partial charge in [0.2, 0.25) is 5.88 Å². The molecule has 2 aromatic rings. The number of hydrogen-bond acceptors (Lipinski definition) is 3. The first kappa shape index (κ1) is 12.5. The van der Waals surface area contributed by atoms with Crippen LogP contribution >= 0.6 is 0 Å². The highest BCUT2D eigenvalue weighted by Gasteiger charge is 2.16. The van der Waals surface area contributed by atoms with Crippen LogP contribution in [0.3, 0.4) is 0 Å². The Balaban J connectivity index is 2.39. The fraction of sp³-hybridized carbons (Fsp3) is 0.250. The molecule has 0 radical (unpaired) electrons. The average Bonchev–Trinajstić information content (AvgIpc) is 2.57. The Morgan fingerprint density at radius 2 is 2.11 bits per heavy atom. The van der Waals surface area contributed by atoms with Crippen molar-refractivity contribution in [1.82, 2.24) is 9.78 Å². The number of aromatic nitrogens is 2. The molecule has 6 heteroatoms. The molecule has 0 atom stereocenters. The van der Waals surface area contributed by atoms with Gasteiger partial charge in [-0.2, -0.15) is 5.10 Å². The summed E-state index contributed by atoms with van der Waals surface area (Å²) in [6, 6.07) is 3.12. The number of ether oxygens (including phenoxy) is 1. The summed E-state index contributed by atoms with van der Waals surface area (Å²) < 4.78 is 33.2. The van der Waals surface area contributed by atoms with E-state index in [1.54, 1.807) is 14.0 Å².